The first-order valence-corrected chi connectivity index (χ1v) is 19.8. The molecule has 59 heavy (non-hydrogen) atoms. The highest BCUT2D eigenvalue weighted by atomic mass is 16.3. The summed E-state index contributed by atoms with van der Waals surface area (Å²) in [5.74, 6) is 1.78. The maximum atomic E-state index is 6.76. The fourth-order valence-corrected chi connectivity index (χ4v) is 8.26. The van der Waals surface area contributed by atoms with Crippen LogP contribution in [0.1, 0.15) is 0 Å². The van der Waals surface area contributed by atoms with E-state index in [1.165, 1.54) is 16.3 Å². The van der Waals surface area contributed by atoms with Gasteiger partial charge in [-0.15, -0.1) is 0 Å². The maximum Gasteiger partial charge on any atom is 0.164 e. The highest BCUT2D eigenvalue weighted by Crippen LogP contribution is 2.41. The molecule has 0 saturated heterocycles. The second-order valence-corrected chi connectivity index (χ2v) is 14.8. The molecule has 0 unspecified atom stereocenters. The van der Waals surface area contributed by atoms with Crippen molar-refractivity contribution >= 4 is 32.7 Å². The fraction of sp³-hybridized carbons (Fsp3) is 0. The Labute approximate surface area is 341 Å². The van der Waals surface area contributed by atoms with Gasteiger partial charge in [-0.2, -0.15) is 0 Å². The van der Waals surface area contributed by atoms with Crippen molar-refractivity contribution in [2.75, 3.05) is 0 Å². The molecule has 11 rings (SSSR count). The molecule has 2 heterocycles. The lowest BCUT2D eigenvalue weighted by molar-refractivity contribution is 0.670. The maximum absolute atomic E-state index is 6.76. The van der Waals surface area contributed by atoms with E-state index in [-0.39, 0.29) is 0 Å². The van der Waals surface area contributed by atoms with E-state index in [0.717, 1.165) is 77.6 Å². The van der Waals surface area contributed by atoms with Crippen LogP contribution in [-0.2, 0) is 0 Å². The number of nitrogens with zero attached hydrogens (tertiary/aromatic N) is 3. The molecule has 0 fully saturated rings. The van der Waals surface area contributed by atoms with Crippen LogP contribution in [-0.4, -0.2) is 15.0 Å². The molecular weight excluding hydrogens is 719 g/mol. The average molecular weight is 754 g/mol. The van der Waals surface area contributed by atoms with Gasteiger partial charge < -0.3 is 4.42 Å². The number of aromatic nitrogens is 3. The van der Waals surface area contributed by atoms with E-state index in [4.69, 9.17) is 19.4 Å². The lowest BCUT2D eigenvalue weighted by Gasteiger charge is -2.11. The van der Waals surface area contributed by atoms with Crippen LogP contribution < -0.4 is 0 Å². The van der Waals surface area contributed by atoms with E-state index in [1.807, 2.05) is 24.3 Å². The van der Waals surface area contributed by atoms with Gasteiger partial charge in [0.25, 0.3) is 0 Å². The number of para-hydroxylation sites is 1. The molecule has 0 aliphatic rings. The highest BCUT2D eigenvalue weighted by molar-refractivity contribution is 6.15. The van der Waals surface area contributed by atoms with Gasteiger partial charge in [-0.1, -0.05) is 194 Å². The smallest absolute Gasteiger partial charge is 0.164 e. The second kappa shape index (κ2) is 14.5. The fourth-order valence-electron chi connectivity index (χ4n) is 8.26. The number of hydrogen-bond donors (Lipinski definition) is 0. The standard InChI is InChI=1S/C55H35N3O/c1-3-14-36(15-4-1)38-30-32-40(33-31-38)53-56-54(44-23-10-21-42(35-44)46-25-11-19-39-18-7-8-24-45(39)46)58-55(57-53)49-28-13-29-50-51(49)48-27-12-26-47(52(48)59-50)43-22-9-20-41(34-43)37-16-5-2-6-17-37/h1-35H. The molecule has 0 bridgehead atoms. The second-order valence-electron chi connectivity index (χ2n) is 14.8. The molecule has 4 heteroatoms. The summed E-state index contributed by atoms with van der Waals surface area (Å²) < 4.78 is 6.76. The molecule has 0 aliphatic carbocycles. The zero-order valence-electron chi connectivity index (χ0n) is 32.0. The van der Waals surface area contributed by atoms with Crippen molar-refractivity contribution in [1.82, 2.24) is 15.0 Å². The first-order chi connectivity index (χ1) is 29.2. The molecule has 0 spiro atoms. The zero-order valence-corrected chi connectivity index (χ0v) is 32.0. The molecule has 4 nitrogen and oxygen atoms in total. The lowest BCUT2D eigenvalue weighted by atomic mass is 9.96. The van der Waals surface area contributed by atoms with E-state index < -0.39 is 0 Å². The Kier molecular flexibility index (Phi) is 8.45. The molecule has 0 saturated carbocycles. The first-order valence-electron chi connectivity index (χ1n) is 19.8. The summed E-state index contributed by atoms with van der Waals surface area (Å²) in [6.07, 6.45) is 0. The van der Waals surface area contributed by atoms with Gasteiger partial charge in [-0.05, 0) is 67.9 Å². The van der Waals surface area contributed by atoms with Crippen LogP contribution in [0.3, 0.4) is 0 Å². The minimum atomic E-state index is 0.581. The van der Waals surface area contributed by atoms with E-state index >= 15 is 0 Å². The quantitative estimate of drug-likeness (QED) is 0.163. The third-order valence-electron chi connectivity index (χ3n) is 11.2. The average Bonchev–Trinajstić information content (AvgIpc) is 3.71. The Balaban J connectivity index is 1.08. The third kappa shape index (κ3) is 6.34. The van der Waals surface area contributed by atoms with Gasteiger partial charge in [0.15, 0.2) is 17.5 Å². The molecule has 0 N–H and O–H groups in total. The Bertz CT molecular complexity index is 3310. The summed E-state index contributed by atoms with van der Waals surface area (Å²) in [5, 5.41) is 4.38. The highest BCUT2D eigenvalue weighted by Gasteiger charge is 2.20. The Hall–Kier alpha value is -7.95. The molecule has 0 aliphatic heterocycles. The van der Waals surface area contributed by atoms with Crippen molar-refractivity contribution in [2.24, 2.45) is 0 Å². The number of hydrogen-bond acceptors (Lipinski definition) is 4. The molecule has 0 amide bonds. The Morgan fingerprint density at radius 2 is 0.763 bits per heavy atom. The van der Waals surface area contributed by atoms with Crippen molar-refractivity contribution in [1.29, 1.82) is 0 Å². The third-order valence-corrected chi connectivity index (χ3v) is 11.2. The van der Waals surface area contributed by atoms with Crippen LogP contribution >= 0.6 is 0 Å². The minimum absolute atomic E-state index is 0.581. The van der Waals surface area contributed by atoms with Crippen LogP contribution in [0.5, 0.6) is 0 Å². The van der Waals surface area contributed by atoms with Gasteiger partial charge in [-0.25, -0.2) is 15.0 Å². The van der Waals surface area contributed by atoms with Crippen molar-refractivity contribution in [3.63, 3.8) is 0 Å². The summed E-state index contributed by atoms with van der Waals surface area (Å²) in [6.45, 7) is 0. The normalized spacial score (nSPS) is 11.4. The van der Waals surface area contributed by atoms with Gasteiger partial charge in [0.1, 0.15) is 11.2 Å². The van der Waals surface area contributed by atoms with Gasteiger partial charge in [-0.3, -0.25) is 0 Å². The number of fused-ring (bicyclic) bond motifs is 4. The first kappa shape index (κ1) is 34.3. The molecule has 9 aromatic carbocycles. The molecular formula is C55H35N3O. The lowest BCUT2D eigenvalue weighted by Crippen LogP contribution is -2.00. The number of benzene rings is 9. The summed E-state index contributed by atoms with van der Waals surface area (Å²) >= 11 is 0. The molecule has 2 aromatic heterocycles. The number of rotatable bonds is 7. The van der Waals surface area contributed by atoms with Gasteiger partial charge in [0, 0.05) is 33.0 Å². The SMILES string of the molecule is c1ccc(-c2ccc(-c3nc(-c4cccc(-c5cccc6ccccc56)c4)nc(-c4cccc5oc6c(-c7cccc(-c8ccccc8)c7)cccc6c45)n3)cc2)cc1. The van der Waals surface area contributed by atoms with Gasteiger partial charge >= 0.3 is 0 Å². The van der Waals surface area contributed by atoms with Gasteiger partial charge in [0.2, 0.25) is 0 Å². The Morgan fingerprint density at radius 1 is 0.288 bits per heavy atom. The number of furan rings is 1. The molecule has 276 valence electrons. The van der Waals surface area contributed by atoms with Crippen LogP contribution in [0.15, 0.2) is 217 Å². The monoisotopic (exact) mass is 753 g/mol. The zero-order chi connectivity index (χ0) is 39.1. The summed E-state index contributed by atoms with van der Waals surface area (Å²) in [6, 6.07) is 74.0. The summed E-state index contributed by atoms with van der Waals surface area (Å²) in [5.41, 5.74) is 13.3. The molecule has 11 aromatic rings. The van der Waals surface area contributed by atoms with Crippen LogP contribution in [0.25, 0.3) is 111 Å². The van der Waals surface area contributed by atoms with Crippen LogP contribution in [0.4, 0.5) is 0 Å². The van der Waals surface area contributed by atoms with E-state index in [0.29, 0.717) is 17.5 Å². The largest absolute Gasteiger partial charge is 0.455 e. The van der Waals surface area contributed by atoms with E-state index in [9.17, 15) is 0 Å². The minimum Gasteiger partial charge on any atom is -0.455 e. The van der Waals surface area contributed by atoms with Crippen molar-refractivity contribution in [3.05, 3.63) is 212 Å². The molecule has 0 radical (unpaired) electrons. The van der Waals surface area contributed by atoms with Crippen LogP contribution in [0, 0.1) is 0 Å². The van der Waals surface area contributed by atoms with Crippen molar-refractivity contribution in [3.8, 4) is 78.7 Å². The predicted octanol–water partition coefficient (Wildman–Crippen LogP) is 14.6. The van der Waals surface area contributed by atoms with Gasteiger partial charge in [0.05, 0.1) is 0 Å². The Morgan fingerprint density at radius 3 is 1.56 bits per heavy atom. The summed E-state index contributed by atoms with van der Waals surface area (Å²) in [7, 11) is 0. The summed E-state index contributed by atoms with van der Waals surface area (Å²) in [4.78, 5) is 15.7. The van der Waals surface area contributed by atoms with Crippen molar-refractivity contribution < 1.29 is 4.42 Å². The molecule has 0 atom stereocenters. The van der Waals surface area contributed by atoms with Crippen LogP contribution in [0.2, 0.25) is 0 Å². The topological polar surface area (TPSA) is 51.8 Å². The van der Waals surface area contributed by atoms with E-state index in [1.54, 1.807) is 0 Å². The predicted molar refractivity (Wildman–Crippen MR) is 243 cm³/mol. The van der Waals surface area contributed by atoms with Crippen molar-refractivity contribution in [2.45, 2.75) is 0 Å². The van der Waals surface area contributed by atoms with E-state index in [2.05, 4.69) is 188 Å².